The molecule has 0 aliphatic carbocycles. The summed E-state index contributed by atoms with van der Waals surface area (Å²) in [6.07, 6.45) is -5.70. The van der Waals surface area contributed by atoms with Crippen LogP contribution in [0.4, 0.5) is 13.2 Å². The number of ketones is 1. The highest BCUT2D eigenvalue weighted by Gasteiger charge is 2.32. The third-order valence-electron chi connectivity index (χ3n) is 1.43. The molecule has 72 valence electrons. The fourth-order valence-electron chi connectivity index (χ4n) is 0.792. The Balaban J connectivity index is 3.87. The van der Waals surface area contributed by atoms with E-state index in [1.807, 2.05) is 0 Å². The molecule has 0 aromatic rings. The third-order valence-corrected chi connectivity index (χ3v) is 1.43. The van der Waals surface area contributed by atoms with E-state index in [1.165, 1.54) is 6.92 Å². The second-order valence-electron chi connectivity index (χ2n) is 2.72. The van der Waals surface area contributed by atoms with Gasteiger partial charge in [-0.25, -0.2) is 0 Å². The monoisotopic (exact) mass is 183 g/mol. The van der Waals surface area contributed by atoms with Crippen molar-refractivity contribution in [2.45, 2.75) is 19.5 Å². The zero-order chi connectivity index (χ0) is 9.78. The molecule has 0 aliphatic heterocycles. The molecule has 0 aromatic heterocycles. The largest absolute Gasteiger partial charge is 0.395 e. The summed E-state index contributed by atoms with van der Waals surface area (Å²) in [4.78, 5) is 10.8. The molecule has 12 heavy (non-hydrogen) atoms. The quantitative estimate of drug-likeness (QED) is 0.713. The van der Waals surface area contributed by atoms with Crippen molar-refractivity contribution in [1.82, 2.24) is 5.32 Å². The summed E-state index contributed by atoms with van der Waals surface area (Å²) >= 11 is 0. The molecule has 0 saturated carbocycles. The van der Waals surface area contributed by atoms with Crippen molar-refractivity contribution in [2.75, 3.05) is 13.6 Å². The van der Waals surface area contributed by atoms with Crippen molar-refractivity contribution in [2.24, 2.45) is 5.92 Å². The van der Waals surface area contributed by atoms with Gasteiger partial charge in [-0.15, -0.1) is 0 Å². The first-order valence-electron chi connectivity index (χ1n) is 3.61. The van der Waals surface area contributed by atoms with Gasteiger partial charge >= 0.3 is 6.18 Å². The number of halogens is 3. The summed E-state index contributed by atoms with van der Waals surface area (Å²) in [6.45, 7) is 1.76. The van der Waals surface area contributed by atoms with Crippen LogP contribution in [-0.2, 0) is 4.79 Å². The Kier molecular flexibility index (Phi) is 4.23. The van der Waals surface area contributed by atoms with E-state index in [0.29, 0.717) is 0 Å². The van der Waals surface area contributed by atoms with E-state index in [4.69, 9.17) is 0 Å². The number of hydrogen-bond donors (Lipinski definition) is 1. The number of carbonyl (C=O) groups is 1. The first-order chi connectivity index (χ1) is 5.37. The summed E-state index contributed by atoms with van der Waals surface area (Å²) in [5.74, 6) is -1.34. The lowest BCUT2D eigenvalue weighted by Gasteiger charge is -2.10. The van der Waals surface area contributed by atoms with Crippen molar-refractivity contribution >= 4 is 5.78 Å². The number of hydrogen-bond acceptors (Lipinski definition) is 2. The van der Waals surface area contributed by atoms with Crippen LogP contribution in [-0.4, -0.2) is 25.6 Å². The van der Waals surface area contributed by atoms with E-state index in [9.17, 15) is 18.0 Å². The van der Waals surface area contributed by atoms with Crippen molar-refractivity contribution in [3.63, 3.8) is 0 Å². The number of carbonyl (C=O) groups excluding carboxylic acids is 1. The average Bonchev–Trinajstić information content (AvgIpc) is 1.84. The lowest BCUT2D eigenvalue weighted by atomic mass is 10.0. The van der Waals surface area contributed by atoms with Crippen molar-refractivity contribution < 1.29 is 18.0 Å². The van der Waals surface area contributed by atoms with Gasteiger partial charge in [0.05, 0.1) is 0 Å². The highest BCUT2D eigenvalue weighted by atomic mass is 19.4. The molecule has 0 aliphatic rings. The van der Waals surface area contributed by atoms with Crippen molar-refractivity contribution in [3.05, 3.63) is 0 Å². The number of nitrogens with one attached hydrogen (secondary N) is 1. The van der Waals surface area contributed by atoms with Crippen LogP contribution in [0.3, 0.4) is 0 Å². The third kappa shape index (κ3) is 5.12. The molecular weight excluding hydrogens is 171 g/mol. The average molecular weight is 183 g/mol. The molecule has 5 heteroatoms. The first kappa shape index (κ1) is 11.4. The smallest absolute Gasteiger partial charge is 0.319 e. The summed E-state index contributed by atoms with van der Waals surface area (Å²) in [6, 6.07) is 0. The maximum atomic E-state index is 11.7. The Morgan fingerprint density at radius 2 is 2.00 bits per heavy atom. The Hall–Kier alpha value is -0.580. The number of Topliss-reactive ketones (excluding diaryl/α,β-unsaturated/α-hetero) is 1. The molecule has 0 amide bonds. The second-order valence-corrected chi connectivity index (χ2v) is 2.72. The molecule has 0 bridgehead atoms. The van der Waals surface area contributed by atoms with E-state index < -0.39 is 24.3 Å². The topological polar surface area (TPSA) is 29.1 Å². The van der Waals surface area contributed by atoms with Gasteiger partial charge in [-0.1, -0.05) is 6.92 Å². The van der Waals surface area contributed by atoms with Crippen LogP contribution in [0, 0.1) is 5.92 Å². The molecule has 1 N–H and O–H groups in total. The van der Waals surface area contributed by atoms with Gasteiger partial charge in [-0.3, -0.25) is 4.79 Å². The molecule has 1 unspecified atom stereocenters. The van der Waals surface area contributed by atoms with Gasteiger partial charge in [0.25, 0.3) is 0 Å². The van der Waals surface area contributed by atoms with Crippen LogP contribution in [0.15, 0.2) is 0 Å². The molecular formula is C7H12F3NO. The van der Waals surface area contributed by atoms with Gasteiger partial charge in [0.2, 0.25) is 0 Å². The fraction of sp³-hybridized carbons (Fsp3) is 0.857. The van der Waals surface area contributed by atoms with Gasteiger partial charge in [0.1, 0.15) is 12.2 Å². The van der Waals surface area contributed by atoms with Crippen LogP contribution < -0.4 is 5.32 Å². The summed E-state index contributed by atoms with van der Waals surface area (Å²) in [5, 5.41) is 2.65. The first-order valence-corrected chi connectivity index (χ1v) is 3.61. The standard InChI is InChI=1S/C7H12F3NO/c1-5(4-11-2)6(12)3-7(8,9)10/h5,11H,3-4H2,1-2H3. The van der Waals surface area contributed by atoms with Gasteiger partial charge in [-0.05, 0) is 7.05 Å². The van der Waals surface area contributed by atoms with E-state index in [2.05, 4.69) is 5.32 Å². The minimum atomic E-state index is -4.38. The zero-order valence-electron chi connectivity index (χ0n) is 7.03. The lowest BCUT2D eigenvalue weighted by Crippen LogP contribution is -2.27. The molecule has 0 spiro atoms. The van der Waals surface area contributed by atoms with Gasteiger partial charge < -0.3 is 5.32 Å². The van der Waals surface area contributed by atoms with Crippen LogP contribution in [0.25, 0.3) is 0 Å². The van der Waals surface area contributed by atoms with E-state index >= 15 is 0 Å². The molecule has 0 radical (unpaired) electrons. The predicted molar refractivity (Wildman–Crippen MR) is 38.8 cm³/mol. The Labute approximate surface area is 69.1 Å². The van der Waals surface area contributed by atoms with E-state index in [1.54, 1.807) is 7.05 Å². The molecule has 0 rings (SSSR count). The fourth-order valence-corrected chi connectivity index (χ4v) is 0.792. The maximum Gasteiger partial charge on any atom is 0.395 e. The SMILES string of the molecule is CNCC(C)C(=O)CC(F)(F)F. The van der Waals surface area contributed by atoms with Gasteiger partial charge in [0, 0.05) is 12.5 Å². The molecule has 1 atom stereocenters. The Morgan fingerprint density at radius 3 is 2.33 bits per heavy atom. The van der Waals surface area contributed by atoms with Crippen LogP contribution in [0.5, 0.6) is 0 Å². The summed E-state index contributed by atoms with van der Waals surface area (Å²) in [5.41, 5.74) is 0. The second kappa shape index (κ2) is 4.45. The molecule has 2 nitrogen and oxygen atoms in total. The summed E-state index contributed by atoms with van der Waals surface area (Å²) in [7, 11) is 1.59. The molecule has 0 aromatic carbocycles. The normalized spacial score (nSPS) is 14.4. The van der Waals surface area contributed by atoms with Gasteiger partial charge in [-0.2, -0.15) is 13.2 Å². The number of rotatable bonds is 4. The molecule has 0 heterocycles. The molecule has 0 fully saturated rings. The zero-order valence-corrected chi connectivity index (χ0v) is 7.03. The van der Waals surface area contributed by atoms with E-state index in [0.717, 1.165) is 0 Å². The highest BCUT2D eigenvalue weighted by Crippen LogP contribution is 2.21. The Morgan fingerprint density at radius 1 is 1.50 bits per heavy atom. The minimum absolute atomic E-state index is 0.287. The number of alkyl halides is 3. The lowest BCUT2D eigenvalue weighted by molar-refractivity contribution is -0.154. The maximum absolute atomic E-state index is 11.7. The van der Waals surface area contributed by atoms with E-state index in [-0.39, 0.29) is 6.54 Å². The predicted octanol–water partition coefficient (Wildman–Crippen LogP) is 1.36. The van der Waals surface area contributed by atoms with Crippen LogP contribution >= 0.6 is 0 Å². The van der Waals surface area contributed by atoms with Crippen molar-refractivity contribution in [3.8, 4) is 0 Å². The van der Waals surface area contributed by atoms with Crippen LogP contribution in [0.1, 0.15) is 13.3 Å². The highest BCUT2D eigenvalue weighted by molar-refractivity contribution is 5.81. The van der Waals surface area contributed by atoms with Crippen molar-refractivity contribution in [1.29, 1.82) is 0 Å². The molecule has 0 saturated heterocycles. The Bertz CT molecular complexity index is 155. The van der Waals surface area contributed by atoms with Crippen LogP contribution in [0.2, 0.25) is 0 Å². The summed E-state index contributed by atoms with van der Waals surface area (Å²) < 4.78 is 35.0. The minimum Gasteiger partial charge on any atom is -0.319 e. The van der Waals surface area contributed by atoms with Gasteiger partial charge in [0.15, 0.2) is 0 Å².